The number of piperidine rings is 1. The monoisotopic (exact) mass is 357 g/mol. The van der Waals surface area contributed by atoms with Crippen molar-refractivity contribution >= 4 is 17.5 Å². The number of likely N-dealkylation sites (tertiary alicyclic amines) is 1. The summed E-state index contributed by atoms with van der Waals surface area (Å²) in [5.74, 6) is 0.832. The van der Waals surface area contributed by atoms with Crippen LogP contribution in [0.1, 0.15) is 61.9 Å². The van der Waals surface area contributed by atoms with Crippen LogP contribution in [0.15, 0.2) is 18.2 Å². The zero-order valence-electron chi connectivity index (χ0n) is 16.2. The van der Waals surface area contributed by atoms with Gasteiger partial charge in [-0.1, -0.05) is 13.8 Å². The highest BCUT2D eigenvalue weighted by atomic mass is 16.2. The summed E-state index contributed by atoms with van der Waals surface area (Å²) in [6.07, 6.45) is 4.83. The molecule has 2 aliphatic heterocycles. The predicted molar refractivity (Wildman–Crippen MR) is 104 cm³/mol. The number of nitrogens with one attached hydrogen (secondary N) is 2. The number of carbonyl (C=O) groups is 2. The van der Waals surface area contributed by atoms with Gasteiger partial charge in [0.1, 0.15) is 0 Å². The normalized spacial score (nSPS) is 23.9. The van der Waals surface area contributed by atoms with E-state index in [2.05, 4.69) is 17.6 Å². The Morgan fingerprint density at radius 3 is 2.62 bits per heavy atom. The molecule has 1 atom stereocenters. The van der Waals surface area contributed by atoms with Crippen LogP contribution in [0, 0.1) is 12.8 Å². The van der Waals surface area contributed by atoms with Crippen LogP contribution in [-0.2, 0) is 4.79 Å². The lowest BCUT2D eigenvalue weighted by Gasteiger charge is -2.30. The molecule has 0 aliphatic carbocycles. The van der Waals surface area contributed by atoms with Crippen molar-refractivity contribution in [2.24, 2.45) is 5.92 Å². The third-order valence-corrected chi connectivity index (χ3v) is 6.07. The molecule has 0 saturated carbocycles. The van der Waals surface area contributed by atoms with Crippen LogP contribution in [0.2, 0.25) is 0 Å². The van der Waals surface area contributed by atoms with E-state index in [1.165, 1.54) is 0 Å². The highest BCUT2D eigenvalue weighted by molar-refractivity contribution is 6.00. The Hall–Kier alpha value is -1.88. The molecular weight excluding hydrogens is 326 g/mol. The lowest BCUT2D eigenvalue weighted by molar-refractivity contribution is -0.122. The van der Waals surface area contributed by atoms with Crippen LogP contribution < -0.4 is 10.6 Å². The van der Waals surface area contributed by atoms with E-state index in [9.17, 15) is 9.59 Å². The fraction of sp³-hybridized carbons (Fsp3) is 0.619. The number of benzene rings is 1. The van der Waals surface area contributed by atoms with Gasteiger partial charge in [-0.3, -0.25) is 9.59 Å². The first-order valence-corrected chi connectivity index (χ1v) is 9.91. The zero-order chi connectivity index (χ0) is 18.7. The molecule has 142 valence electrons. The first-order chi connectivity index (χ1) is 12.4. The number of rotatable bonds is 4. The molecule has 0 spiro atoms. The Morgan fingerprint density at radius 1 is 1.31 bits per heavy atom. The molecule has 2 amide bonds. The minimum absolute atomic E-state index is 0.0321. The van der Waals surface area contributed by atoms with Gasteiger partial charge in [-0.05, 0) is 75.3 Å². The third kappa shape index (κ3) is 3.78. The molecule has 2 aliphatic rings. The number of aryl methyl sites for hydroxylation is 1. The van der Waals surface area contributed by atoms with Crippen LogP contribution in [-0.4, -0.2) is 41.9 Å². The highest BCUT2D eigenvalue weighted by Gasteiger charge is 2.39. The van der Waals surface area contributed by atoms with Crippen molar-refractivity contribution in [2.75, 3.05) is 25.0 Å². The zero-order valence-corrected chi connectivity index (χ0v) is 16.2. The molecule has 2 N–H and O–H groups in total. The van der Waals surface area contributed by atoms with Crippen molar-refractivity contribution < 1.29 is 9.59 Å². The topological polar surface area (TPSA) is 61.4 Å². The first kappa shape index (κ1) is 18.9. The third-order valence-electron chi connectivity index (χ3n) is 6.07. The number of carbonyl (C=O) groups excluding carboxylic acids is 2. The number of nitrogens with zero attached hydrogens (tertiary/aromatic N) is 1. The molecule has 0 bridgehead atoms. The van der Waals surface area contributed by atoms with Crippen molar-refractivity contribution in [3.8, 4) is 0 Å². The van der Waals surface area contributed by atoms with Gasteiger partial charge in [-0.2, -0.15) is 0 Å². The largest absolute Gasteiger partial charge is 0.339 e. The summed E-state index contributed by atoms with van der Waals surface area (Å²) in [6, 6.07) is 5.60. The summed E-state index contributed by atoms with van der Waals surface area (Å²) >= 11 is 0. The van der Waals surface area contributed by atoms with Gasteiger partial charge in [0.2, 0.25) is 5.91 Å². The predicted octanol–water partition coefficient (Wildman–Crippen LogP) is 3.34. The second kappa shape index (κ2) is 7.78. The molecular formula is C21H31N3O2. The van der Waals surface area contributed by atoms with E-state index in [0.29, 0.717) is 11.5 Å². The summed E-state index contributed by atoms with van der Waals surface area (Å²) in [5, 5.41) is 6.43. The van der Waals surface area contributed by atoms with Crippen molar-refractivity contribution in [1.29, 1.82) is 0 Å². The van der Waals surface area contributed by atoms with E-state index >= 15 is 0 Å². The van der Waals surface area contributed by atoms with Gasteiger partial charge in [0, 0.05) is 24.3 Å². The molecule has 3 rings (SSSR count). The maximum atomic E-state index is 12.8. The van der Waals surface area contributed by atoms with E-state index in [-0.39, 0.29) is 11.8 Å². The summed E-state index contributed by atoms with van der Waals surface area (Å²) in [7, 11) is 0. The fourth-order valence-electron chi connectivity index (χ4n) is 4.04. The smallest absolute Gasteiger partial charge is 0.253 e. The Morgan fingerprint density at radius 2 is 2.04 bits per heavy atom. The summed E-state index contributed by atoms with van der Waals surface area (Å²) < 4.78 is 0. The molecule has 2 heterocycles. The van der Waals surface area contributed by atoms with Crippen LogP contribution in [0.3, 0.4) is 0 Å². The maximum absolute atomic E-state index is 12.8. The molecule has 1 unspecified atom stereocenters. The second-order valence-corrected chi connectivity index (χ2v) is 7.92. The number of anilines is 1. The van der Waals surface area contributed by atoms with Crippen LogP contribution in [0.25, 0.3) is 0 Å². The van der Waals surface area contributed by atoms with E-state index in [1.807, 2.05) is 36.9 Å². The van der Waals surface area contributed by atoms with Gasteiger partial charge < -0.3 is 15.5 Å². The highest BCUT2D eigenvalue weighted by Crippen LogP contribution is 2.26. The minimum atomic E-state index is -0.453. The maximum Gasteiger partial charge on any atom is 0.253 e. The van der Waals surface area contributed by atoms with E-state index in [0.717, 1.165) is 63.0 Å². The standard InChI is InChI=1S/C21H31N3O2/c1-4-21(10-5-11-22-21)20(26)23-18-7-6-17(14-16(18)3)19(25)24-12-8-15(2)9-13-24/h6-7,14-15,22H,4-5,8-13H2,1-3H3,(H,23,26). The molecule has 5 nitrogen and oxygen atoms in total. The lowest BCUT2D eigenvalue weighted by atomic mass is 9.93. The Kier molecular flexibility index (Phi) is 5.66. The minimum Gasteiger partial charge on any atom is -0.339 e. The van der Waals surface area contributed by atoms with E-state index < -0.39 is 5.54 Å². The molecule has 0 radical (unpaired) electrons. The number of amides is 2. The van der Waals surface area contributed by atoms with Crippen LogP contribution in [0.4, 0.5) is 5.69 Å². The summed E-state index contributed by atoms with van der Waals surface area (Å²) in [4.78, 5) is 27.4. The van der Waals surface area contributed by atoms with Crippen molar-refractivity contribution in [3.05, 3.63) is 29.3 Å². The van der Waals surface area contributed by atoms with Gasteiger partial charge in [-0.25, -0.2) is 0 Å². The SMILES string of the molecule is CCC1(C(=O)Nc2ccc(C(=O)N3CCC(C)CC3)cc2C)CCCN1. The first-order valence-electron chi connectivity index (χ1n) is 9.91. The van der Waals surface area contributed by atoms with Gasteiger partial charge >= 0.3 is 0 Å². The van der Waals surface area contributed by atoms with Crippen LogP contribution in [0.5, 0.6) is 0 Å². The average molecular weight is 357 g/mol. The van der Waals surface area contributed by atoms with E-state index in [1.54, 1.807) is 0 Å². The molecule has 2 saturated heterocycles. The molecule has 5 heteroatoms. The quantitative estimate of drug-likeness (QED) is 0.869. The van der Waals surface area contributed by atoms with Crippen LogP contribution >= 0.6 is 0 Å². The fourth-order valence-corrected chi connectivity index (χ4v) is 4.04. The molecule has 2 fully saturated rings. The molecule has 26 heavy (non-hydrogen) atoms. The van der Waals surface area contributed by atoms with Gasteiger partial charge in [-0.15, -0.1) is 0 Å². The van der Waals surface area contributed by atoms with Gasteiger partial charge in [0.15, 0.2) is 0 Å². The van der Waals surface area contributed by atoms with Crippen molar-refractivity contribution in [1.82, 2.24) is 10.2 Å². The van der Waals surface area contributed by atoms with Crippen molar-refractivity contribution in [3.63, 3.8) is 0 Å². The lowest BCUT2D eigenvalue weighted by Crippen LogP contribution is -2.50. The molecule has 1 aromatic rings. The van der Waals surface area contributed by atoms with Crippen molar-refractivity contribution in [2.45, 2.75) is 58.4 Å². The Balaban J connectivity index is 1.69. The summed E-state index contributed by atoms with van der Waals surface area (Å²) in [6.45, 7) is 8.80. The van der Waals surface area contributed by atoms with E-state index in [4.69, 9.17) is 0 Å². The number of hydrogen-bond donors (Lipinski definition) is 2. The van der Waals surface area contributed by atoms with Gasteiger partial charge in [0.05, 0.1) is 5.54 Å². The second-order valence-electron chi connectivity index (χ2n) is 7.92. The Bertz CT molecular complexity index is 672. The molecule has 0 aromatic heterocycles. The van der Waals surface area contributed by atoms with Gasteiger partial charge in [0.25, 0.3) is 5.91 Å². The average Bonchev–Trinajstić information content (AvgIpc) is 3.14. The Labute approximate surface area is 156 Å². The summed E-state index contributed by atoms with van der Waals surface area (Å²) in [5.41, 5.74) is 1.98. The molecule has 1 aromatic carbocycles. The number of hydrogen-bond acceptors (Lipinski definition) is 3.